The molecule has 1 aliphatic heterocycles. The molecule has 1 fully saturated rings. The van der Waals surface area contributed by atoms with Crippen LogP contribution in [0.5, 0.6) is 0 Å². The SMILES string of the molecule is Cc1cc(NC(=O)CSCC(=O)Nc2ccc(N3CCCCC3)c3ccncc23)no1. The molecule has 1 aromatic carbocycles. The van der Waals surface area contributed by atoms with E-state index in [9.17, 15) is 9.59 Å². The van der Waals surface area contributed by atoms with Gasteiger partial charge in [-0.15, -0.1) is 11.8 Å². The number of piperidine rings is 1. The Morgan fingerprint density at radius 2 is 1.84 bits per heavy atom. The first-order valence-corrected chi connectivity index (χ1v) is 11.5. The van der Waals surface area contributed by atoms with Crippen LogP contribution in [0.25, 0.3) is 10.8 Å². The molecule has 0 saturated carbocycles. The van der Waals surface area contributed by atoms with Crippen LogP contribution in [0.3, 0.4) is 0 Å². The normalized spacial score (nSPS) is 13.9. The number of fused-ring (bicyclic) bond motifs is 1. The first kappa shape index (κ1) is 21.2. The number of aryl methyl sites for hydroxylation is 1. The number of benzene rings is 1. The molecule has 8 nitrogen and oxygen atoms in total. The van der Waals surface area contributed by atoms with E-state index >= 15 is 0 Å². The molecule has 3 aromatic rings. The van der Waals surface area contributed by atoms with Crippen LogP contribution in [0.1, 0.15) is 25.0 Å². The summed E-state index contributed by atoms with van der Waals surface area (Å²) in [5.41, 5.74) is 1.92. The van der Waals surface area contributed by atoms with E-state index in [1.807, 2.05) is 12.1 Å². The number of nitrogens with one attached hydrogen (secondary N) is 2. The fourth-order valence-electron chi connectivity index (χ4n) is 3.72. The summed E-state index contributed by atoms with van der Waals surface area (Å²) in [5.74, 6) is 0.921. The van der Waals surface area contributed by atoms with Gasteiger partial charge >= 0.3 is 0 Å². The minimum absolute atomic E-state index is 0.148. The minimum Gasteiger partial charge on any atom is -0.371 e. The van der Waals surface area contributed by atoms with Gasteiger partial charge in [-0.3, -0.25) is 14.6 Å². The van der Waals surface area contributed by atoms with Crippen molar-refractivity contribution < 1.29 is 14.1 Å². The van der Waals surface area contributed by atoms with Crippen molar-refractivity contribution in [1.29, 1.82) is 0 Å². The van der Waals surface area contributed by atoms with Crippen LogP contribution >= 0.6 is 11.8 Å². The summed E-state index contributed by atoms with van der Waals surface area (Å²) in [4.78, 5) is 31.1. The van der Waals surface area contributed by atoms with Crippen LogP contribution in [0.15, 0.2) is 41.2 Å². The number of anilines is 3. The van der Waals surface area contributed by atoms with Crippen molar-refractivity contribution in [3.63, 3.8) is 0 Å². The van der Waals surface area contributed by atoms with Gasteiger partial charge in [0.1, 0.15) is 5.76 Å². The maximum absolute atomic E-state index is 12.5. The number of carbonyl (C=O) groups excluding carboxylic acids is 2. The lowest BCUT2D eigenvalue weighted by Gasteiger charge is -2.30. The zero-order chi connectivity index (χ0) is 21.6. The van der Waals surface area contributed by atoms with Gasteiger partial charge in [-0.05, 0) is 44.4 Å². The number of hydrogen-bond donors (Lipinski definition) is 2. The third-order valence-electron chi connectivity index (χ3n) is 5.13. The lowest BCUT2D eigenvalue weighted by molar-refractivity contribution is -0.114. The zero-order valence-corrected chi connectivity index (χ0v) is 18.2. The van der Waals surface area contributed by atoms with Crippen molar-refractivity contribution in [3.8, 4) is 0 Å². The molecule has 1 aliphatic rings. The molecular formula is C22H25N5O3S. The van der Waals surface area contributed by atoms with E-state index in [4.69, 9.17) is 4.52 Å². The van der Waals surface area contributed by atoms with Crippen molar-refractivity contribution in [2.75, 3.05) is 40.1 Å². The van der Waals surface area contributed by atoms with Crippen LogP contribution in [0, 0.1) is 6.92 Å². The Morgan fingerprint density at radius 3 is 2.58 bits per heavy atom. The van der Waals surface area contributed by atoms with Gasteiger partial charge in [-0.2, -0.15) is 0 Å². The average Bonchev–Trinajstić information content (AvgIpc) is 3.19. The molecule has 4 rings (SSSR count). The van der Waals surface area contributed by atoms with E-state index in [0.717, 1.165) is 29.5 Å². The molecule has 31 heavy (non-hydrogen) atoms. The lowest BCUT2D eigenvalue weighted by atomic mass is 10.1. The summed E-state index contributed by atoms with van der Waals surface area (Å²) in [6, 6.07) is 7.65. The van der Waals surface area contributed by atoms with Gasteiger partial charge in [0.2, 0.25) is 11.8 Å². The Labute approximate surface area is 184 Å². The highest BCUT2D eigenvalue weighted by atomic mass is 32.2. The Kier molecular flexibility index (Phi) is 6.71. The molecule has 2 aromatic heterocycles. The topological polar surface area (TPSA) is 100 Å². The Balaban J connectivity index is 1.35. The molecular weight excluding hydrogens is 414 g/mol. The van der Waals surface area contributed by atoms with Gasteiger partial charge < -0.3 is 20.1 Å². The maximum atomic E-state index is 12.5. The summed E-state index contributed by atoms with van der Waals surface area (Å²) in [7, 11) is 0. The Bertz CT molecular complexity index is 1080. The molecule has 9 heteroatoms. The molecule has 2 N–H and O–H groups in total. The quantitative estimate of drug-likeness (QED) is 0.577. The Morgan fingerprint density at radius 1 is 1.06 bits per heavy atom. The first-order chi connectivity index (χ1) is 15.1. The highest BCUT2D eigenvalue weighted by Gasteiger charge is 2.16. The molecule has 162 valence electrons. The van der Waals surface area contributed by atoms with Gasteiger partial charge in [0.25, 0.3) is 0 Å². The molecule has 0 atom stereocenters. The van der Waals surface area contributed by atoms with Crippen LogP contribution in [0.4, 0.5) is 17.2 Å². The predicted octanol–water partition coefficient (Wildman–Crippen LogP) is 3.83. The van der Waals surface area contributed by atoms with E-state index in [1.54, 1.807) is 25.4 Å². The zero-order valence-electron chi connectivity index (χ0n) is 17.4. The summed E-state index contributed by atoms with van der Waals surface area (Å²) in [6.07, 6.45) is 7.25. The van der Waals surface area contributed by atoms with Crippen molar-refractivity contribution in [3.05, 3.63) is 42.4 Å². The molecule has 3 heterocycles. The number of hydrogen-bond acceptors (Lipinski definition) is 7. The van der Waals surface area contributed by atoms with Gasteiger partial charge in [0, 0.05) is 48.0 Å². The van der Waals surface area contributed by atoms with Crippen molar-refractivity contribution >= 4 is 51.5 Å². The summed E-state index contributed by atoms with van der Waals surface area (Å²) < 4.78 is 4.91. The highest BCUT2D eigenvalue weighted by molar-refractivity contribution is 8.00. The molecule has 0 aliphatic carbocycles. The van der Waals surface area contributed by atoms with Gasteiger partial charge in [0.15, 0.2) is 5.82 Å². The summed E-state index contributed by atoms with van der Waals surface area (Å²) in [5, 5.41) is 11.3. The van der Waals surface area contributed by atoms with Gasteiger partial charge in [-0.25, -0.2) is 0 Å². The first-order valence-electron chi connectivity index (χ1n) is 10.3. The van der Waals surface area contributed by atoms with Gasteiger partial charge in [0.05, 0.1) is 17.2 Å². The van der Waals surface area contributed by atoms with Crippen molar-refractivity contribution in [2.24, 2.45) is 0 Å². The van der Waals surface area contributed by atoms with E-state index in [0.29, 0.717) is 11.6 Å². The van der Waals surface area contributed by atoms with E-state index in [2.05, 4.69) is 31.7 Å². The van der Waals surface area contributed by atoms with Crippen LogP contribution in [-0.2, 0) is 9.59 Å². The van der Waals surface area contributed by atoms with E-state index in [-0.39, 0.29) is 23.3 Å². The van der Waals surface area contributed by atoms with E-state index in [1.165, 1.54) is 36.7 Å². The average molecular weight is 440 g/mol. The molecule has 0 bridgehead atoms. The molecule has 2 amide bonds. The van der Waals surface area contributed by atoms with Gasteiger partial charge in [-0.1, -0.05) is 5.16 Å². The third-order valence-corrected chi connectivity index (χ3v) is 6.06. The number of pyridine rings is 1. The monoisotopic (exact) mass is 439 g/mol. The summed E-state index contributed by atoms with van der Waals surface area (Å²) >= 11 is 1.24. The molecule has 0 radical (unpaired) electrons. The lowest BCUT2D eigenvalue weighted by Crippen LogP contribution is -2.29. The van der Waals surface area contributed by atoms with Crippen LogP contribution < -0.4 is 15.5 Å². The highest BCUT2D eigenvalue weighted by Crippen LogP contribution is 2.33. The smallest absolute Gasteiger partial charge is 0.235 e. The fraction of sp³-hybridized carbons (Fsp3) is 0.364. The standard InChI is InChI=1S/C22H25N5O3S/c1-15-11-20(26-30-15)25-22(29)14-31-13-21(28)24-18-5-6-19(27-9-3-2-4-10-27)16-7-8-23-12-17(16)18/h5-8,11-12H,2-4,9-10,13-14H2,1H3,(H,24,28)(H,25,26,29). The van der Waals surface area contributed by atoms with Crippen molar-refractivity contribution in [2.45, 2.75) is 26.2 Å². The number of carbonyl (C=O) groups is 2. The number of rotatable bonds is 7. The second-order valence-corrected chi connectivity index (χ2v) is 8.50. The second kappa shape index (κ2) is 9.82. The predicted molar refractivity (Wildman–Crippen MR) is 124 cm³/mol. The maximum Gasteiger partial charge on any atom is 0.235 e. The molecule has 0 spiro atoms. The second-order valence-electron chi connectivity index (χ2n) is 7.51. The van der Waals surface area contributed by atoms with Crippen molar-refractivity contribution in [1.82, 2.24) is 10.1 Å². The number of nitrogens with zero attached hydrogens (tertiary/aromatic N) is 3. The number of amides is 2. The third kappa shape index (κ3) is 5.35. The largest absolute Gasteiger partial charge is 0.371 e. The molecule has 1 saturated heterocycles. The summed E-state index contributed by atoms with van der Waals surface area (Å²) in [6.45, 7) is 3.85. The Hall–Kier alpha value is -3.07. The van der Waals surface area contributed by atoms with Crippen LogP contribution in [-0.4, -0.2) is 46.6 Å². The number of thioether (sulfide) groups is 1. The van der Waals surface area contributed by atoms with E-state index < -0.39 is 0 Å². The fourth-order valence-corrected chi connectivity index (χ4v) is 4.34. The number of aromatic nitrogens is 2. The minimum atomic E-state index is -0.230. The van der Waals surface area contributed by atoms with Crippen LogP contribution in [0.2, 0.25) is 0 Å². The molecule has 0 unspecified atom stereocenters.